The fourth-order valence-corrected chi connectivity index (χ4v) is 5.74. The van der Waals surface area contributed by atoms with Gasteiger partial charge in [-0.3, -0.25) is 4.79 Å². The molecule has 0 bridgehead atoms. The van der Waals surface area contributed by atoms with Gasteiger partial charge in [-0.05, 0) is 54.9 Å². The minimum absolute atomic E-state index is 0.0211. The number of carbonyl (C=O) groups excluding carboxylic acids is 1. The first-order valence-corrected chi connectivity index (χ1v) is 8.86. The van der Waals surface area contributed by atoms with E-state index in [1.807, 2.05) is 6.92 Å². The molecule has 0 spiro atoms. The van der Waals surface area contributed by atoms with Gasteiger partial charge in [-0.15, -0.1) is 0 Å². The summed E-state index contributed by atoms with van der Waals surface area (Å²) in [5.41, 5.74) is 3.42. The Morgan fingerprint density at radius 2 is 2.00 bits per heavy atom. The fraction of sp³-hybridized carbons (Fsp3) is 0.650. The minimum Gasteiger partial charge on any atom is -0.504 e. The van der Waals surface area contributed by atoms with Crippen molar-refractivity contribution >= 4 is 5.97 Å². The molecule has 0 saturated heterocycles. The van der Waals surface area contributed by atoms with Crippen LogP contribution in [0.2, 0.25) is 0 Å². The zero-order chi connectivity index (χ0) is 16.6. The Balaban J connectivity index is 1.92. The number of hydrogen-bond donors (Lipinski definition) is 1. The monoisotopic (exact) mass is 314 g/mol. The number of aryl methyl sites for hydroxylation is 1. The molecular formula is C20H26O3. The van der Waals surface area contributed by atoms with Crippen molar-refractivity contribution in [1.29, 1.82) is 0 Å². The van der Waals surface area contributed by atoms with Crippen LogP contribution in [0.3, 0.4) is 0 Å². The summed E-state index contributed by atoms with van der Waals surface area (Å²) in [4.78, 5) is 11.9. The zero-order valence-electron chi connectivity index (χ0n) is 14.5. The van der Waals surface area contributed by atoms with Crippen molar-refractivity contribution in [3.05, 3.63) is 22.8 Å². The maximum Gasteiger partial charge on any atom is 0.318 e. The predicted molar refractivity (Wildman–Crippen MR) is 89.0 cm³/mol. The quantitative estimate of drug-likeness (QED) is 0.568. The first-order valence-electron chi connectivity index (χ1n) is 8.86. The molecule has 2 aliphatic carbocycles. The molecule has 0 amide bonds. The van der Waals surface area contributed by atoms with E-state index < -0.39 is 0 Å². The van der Waals surface area contributed by atoms with Crippen LogP contribution < -0.4 is 4.74 Å². The van der Waals surface area contributed by atoms with Gasteiger partial charge in [0.15, 0.2) is 11.5 Å². The van der Waals surface area contributed by atoms with Crippen LogP contribution in [-0.2, 0) is 16.6 Å². The number of phenolic OH excluding ortho intramolecular Hbond substituents is 1. The van der Waals surface area contributed by atoms with Gasteiger partial charge in [0.25, 0.3) is 0 Å². The average Bonchev–Trinajstić information content (AvgIpc) is 2.74. The second-order valence-corrected chi connectivity index (χ2v) is 8.67. The van der Waals surface area contributed by atoms with Crippen molar-refractivity contribution in [1.82, 2.24) is 0 Å². The summed E-state index contributed by atoms with van der Waals surface area (Å²) in [6.07, 6.45) is 5.69. The molecule has 0 aromatic heterocycles. The van der Waals surface area contributed by atoms with Crippen LogP contribution in [0.1, 0.15) is 76.0 Å². The molecule has 1 unspecified atom stereocenters. The molecule has 0 radical (unpaired) electrons. The van der Waals surface area contributed by atoms with Crippen LogP contribution >= 0.6 is 0 Å². The summed E-state index contributed by atoms with van der Waals surface area (Å²) in [5, 5.41) is 11.0. The summed E-state index contributed by atoms with van der Waals surface area (Å²) in [6, 6.07) is 2.13. The predicted octanol–water partition coefficient (Wildman–Crippen LogP) is 4.44. The first kappa shape index (κ1) is 15.0. The highest BCUT2D eigenvalue weighted by molar-refractivity contribution is 5.87. The molecule has 1 aliphatic heterocycles. The van der Waals surface area contributed by atoms with Gasteiger partial charge in [-0.2, -0.15) is 0 Å². The molecule has 3 aliphatic rings. The number of hydrogen-bond acceptors (Lipinski definition) is 3. The van der Waals surface area contributed by atoms with E-state index in [9.17, 15) is 9.90 Å². The normalized spacial score (nSPS) is 34.3. The van der Waals surface area contributed by atoms with Crippen LogP contribution in [0.15, 0.2) is 6.07 Å². The molecule has 1 fully saturated rings. The van der Waals surface area contributed by atoms with Gasteiger partial charge >= 0.3 is 5.97 Å². The van der Waals surface area contributed by atoms with Crippen LogP contribution in [-0.4, -0.2) is 11.1 Å². The molecule has 124 valence electrons. The van der Waals surface area contributed by atoms with Crippen LogP contribution in [0.25, 0.3) is 0 Å². The summed E-state index contributed by atoms with van der Waals surface area (Å²) in [5.74, 6) is 0.708. The second kappa shape index (κ2) is 4.52. The van der Waals surface area contributed by atoms with E-state index in [4.69, 9.17) is 4.74 Å². The van der Waals surface area contributed by atoms with Gasteiger partial charge in [0, 0.05) is 11.1 Å². The highest BCUT2D eigenvalue weighted by Crippen LogP contribution is 2.61. The van der Waals surface area contributed by atoms with Gasteiger partial charge in [-0.25, -0.2) is 0 Å². The lowest BCUT2D eigenvalue weighted by Crippen LogP contribution is -2.47. The zero-order valence-corrected chi connectivity index (χ0v) is 14.5. The number of phenols is 1. The number of rotatable bonds is 0. The summed E-state index contributed by atoms with van der Waals surface area (Å²) >= 11 is 0. The number of esters is 1. The summed E-state index contributed by atoms with van der Waals surface area (Å²) < 4.78 is 5.40. The lowest BCUT2D eigenvalue weighted by Gasteiger charge is -2.54. The Labute approximate surface area is 138 Å². The Kier molecular flexibility index (Phi) is 2.96. The Morgan fingerprint density at radius 1 is 1.26 bits per heavy atom. The molecule has 1 heterocycles. The van der Waals surface area contributed by atoms with E-state index >= 15 is 0 Å². The molecule has 4 rings (SSSR count). The number of fused-ring (bicyclic) bond motifs is 4. The van der Waals surface area contributed by atoms with Gasteiger partial charge in [0.05, 0.1) is 5.92 Å². The van der Waals surface area contributed by atoms with Gasteiger partial charge in [0.1, 0.15) is 0 Å². The SMILES string of the molecule is CC1C(=O)Oc2c1cc1c(c2O)[C@@]2(C)CCCC(C)(C)[C@@H]2CC1. The number of ether oxygens (including phenoxy) is 1. The van der Waals surface area contributed by atoms with Gasteiger partial charge < -0.3 is 9.84 Å². The molecule has 3 heteroatoms. The molecule has 1 aromatic rings. The van der Waals surface area contributed by atoms with E-state index in [0.717, 1.165) is 30.4 Å². The maximum atomic E-state index is 11.9. The lowest BCUT2D eigenvalue weighted by atomic mass is 9.50. The van der Waals surface area contributed by atoms with Crippen molar-refractivity contribution in [2.45, 2.75) is 71.1 Å². The third kappa shape index (κ3) is 1.85. The molecule has 1 N–H and O–H groups in total. The highest BCUT2D eigenvalue weighted by Gasteiger charge is 2.52. The van der Waals surface area contributed by atoms with Crippen LogP contribution in [0.4, 0.5) is 0 Å². The molecular weight excluding hydrogens is 288 g/mol. The Hall–Kier alpha value is -1.51. The van der Waals surface area contributed by atoms with Crippen molar-refractivity contribution in [3.63, 3.8) is 0 Å². The number of carbonyl (C=O) groups is 1. The minimum atomic E-state index is -0.269. The number of benzene rings is 1. The third-order valence-corrected chi connectivity index (χ3v) is 6.89. The highest BCUT2D eigenvalue weighted by atomic mass is 16.5. The molecule has 1 saturated carbocycles. The third-order valence-electron chi connectivity index (χ3n) is 6.89. The van der Waals surface area contributed by atoms with E-state index in [1.165, 1.54) is 18.4 Å². The van der Waals surface area contributed by atoms with Gasteiger partial charge in [-0.1, -0.05) is 33.3 Å². The largest absolute Gasteiger partial charge is 0.504 e. The fourth-order valence-electron chi connectivity index (χ4n) is 5.74. The van der Waals surface area contributed by atoms with E-state index in [-0.39, 0.29) is 23.1 Å². The summed E-state index contributed by atoms with van der Waals surface area (Å²) in [7, 11) is 0. The van der Waals surface area contributed by atoms with Gasteiger partial charge in [0.2, 0.25) is 0 Å². The van der Waals surface area contributed by atoms with Crippen molar-refractivity contribution < 1.29 is 14.6 Å². The van der Waals surface area contributed by atoms with E-state index in [1.54, 1.807) is 0 Å². The number of aromatic hydroxyl groups is 1. The van der Waals surface area contributed by atoms with E-state index in [0.29, 0.717) is 17.1 Å². The van der Waals surface area contributed by atoms with E-state index in [2.05, 4.69) is 26.8 Å². The molecule has 23 heavy (non-hydrogen) atoms. The van der Waals surface area contributed by atoms with Crippen LogP contribution in [0.5, 0.6) is 11.5 Å². The van der Waals surface area contributed by atoms with Crippen LogP contribution in [0, 0.1) is 11.3 Å². The van der Waals surface area contributed by atoms with Crippen molar-refractivity contribution in [2.75, 3.05) is 0 Å². The Bertz CT molecular complexity index is 703. The summed E-state index contributed by atoms with van der Waals surface area (Å²) in [6.45, 7) is 8.90. The van der Waals surface area contributed by atoms with Crippen molar-refractivity contribution in [2.24, 2.45) is 11.3 Å². The standard InChI is InChI=1S/C20H26O3/c1-11-13-10-12-6-7-14-19(2,3)8-5-9-20(14,4)15(12)16(21)17(13)23-18(11)22/h10-11,14,21H,5-9H2,1-4H3/t11?,14-,20-/m0/s1. The molecule has 3 atom stereocenters. The smallest absolute Gasteiger partial charge is 0.318 e. The molecule has 1 aromatic carbocycles. The van der Waals surface area contributed by atoms with Crippen molar-refractivity contribution in [3.8, 4) is 11.5 Å². The average molecular weight is 314 g/mol. The lowest BCUT2D eigenvalue weighted by molar-refractivity contribution is -0.133. The maximum absolute atomic E-state index is 11.9. The first-order chi connectivity index (χ1) is 10.8. The Morgan fingerprint density at radius 3 is 2.74 bits per heavy atom. The second-order valence-electron chi connectivity index (χ2n) is 8.67. The molecule has 3 nitrogen and oxygen atoms in total. The topological polar surface area (TPSA) is 46.5 Å².